The fourth-order valence-electron chi connectivity index (χ4n) is 3.38. The molecule has 0 aliphatic heterocycles. The average molecular weight is 551 g/mol. The Bertz CT molecular complexity index is 1290. The molecule has 6 nitrogen and oxygen atoms in total. The van der Waals surface area contributed by atoms with Crippen molar-refractivity contribution in [1.82, 2.24) is 5.32 Å². The molecule has 0 bridgehead atoms. The van der Waals surface area contributed by atoms with E-state index in [-0.39, 0.29) is 22.1 Å². The standard InChI is InChI=1S/C26H28ClFN2O4S2/c1-19-8-11-22(12-9-19)36(32,33)30(24-16-21(27)10-13-25(24)34-2)17-26(31)29-14-5-15-35-18-20-6-3-4-7-23(20)28/h3-4,6-13,16H,5,14-15,17-18H2,1-2H3,(H,29,31). The van der Waals surface area contributed by atoms with E-state index in [1.165, 1.54) is 31.4 Å². The number of ether oxygens (including phenoxy) is 1. The molecule has 0 saturated carbocycles. The normalized spacial score (nSPS) is 11.2. The summed E-state index contributed by atoms with van der Waals surface area (Å²) in [6, 6.07) is 17.6. The van der Waals surface area contributed by atoms with Crippen LogP contribution in [0.3, 0.4) is 0 Å². The van der Waals surface area contributed by atoms with Gasteiger partial charge in [0.2, 0.25) is 5.91 Å². The van der Waals surface area contributed by atoms with Crippen molar-refractivity contribution in [3.8, 4) is 5.75 Å². The maximum Gasteiger partial charge on any atom is 0.264 e. The lowest BCUT2D eigenvalue weighted by atomic mass is 10.2. The summed E-state index contributed by atoms with van der Waals surface area (Å²) in [6.45, 7) is 1.76. The van der Waals surface area contributed by atoms with E-state index in [1.807, 2.05) is 6.92 Å². The number of benzene rings is 3. The van der Waals surface area contributed by atoms with Crippen LogP contribution < -0.4 is 14.4 Å². The molecule has 0 atom stereocenters. The number of hydrogen-bond acceptors (Lipinski definition) is 5. The van der Waals surface area contributed by atoms with E-state index in [2.05, 4.69) is 5.32 Å². The number of anilines is 1. The Hall–Kier alpha value is -2.75. The maximum atomic E-state index is 13.7. The smallest absolute Gasteiger partial charge is 0.264 e. The van der Waals surface area contributed by atoms with Crippen LogP contribution in [0, 0.1) is 12.7 Å². The van der Waals surface area contributed by atoms with Gasteiger partial charge in [-0.1, -0.05) is 47.5 Å². The molecule has 36 heavy (non-hydrogen) atoms. The van der Waals surface area contributed by atoms with Crippen LogP contribution in [0.5, 0.6) is 5.75 Å². The SMILES string of the molecule is COc1ccc(Cl)cc1N(CC(=O)NCCCSCc1ccccc1F)S(=O)(=O)c1ccc(C)cc1. The summed E-state index contributed by atoms with van der Waals surface area (Å²) in [7, 11) is -2.68. The average Bonchev–Trinajstić information content (AvgIpc) is 2.86. The Balaban J connectivity index is 1.67. The molecule has 0 aliphatic rings. The number of nitrogens with zero attached hydrogens (tertiary/aromatic N) is 1. The van der Waals surface area contributed by atoms with Gasteiger partial charge in [-0.3, -0.25) is 9.10 Å². The van der Waals surface area contributed by atoms with Crippen molar-refractivity contribution in [2.24, 2.45) is 0 Å². The minimum Gasteiger partial charge on any atom is -0.495 e. The Labute approximate surface area is 220 Å². The summed E-state index contributed by atoms with van der Waals surface area (Å²) in [6.07, 6.45) is 0.649. The van der Waals surface area contributed by atoms with Gasteiger partial charge >= 0.3 is 0 Å². The van der Waals surface area contributed by atoms with Gasteiger partial charge in [-0.2, -0.15) is 11.8 Å². The molecule has 1 N–H and O–H groups in total. The number of hydrogen-bond donors (Lipinski definition) is 1. The predicted octanol–water partition coefficient (Wildman–Crippen LogP) is 5.43. The Morgan fingerprint density at radius 1 is 1.11 bits per heavy atom. The van der Waals surface area contributed by atoms with Gasteiger partial charge in [0.1, 0.15) is 18.1 Å². The van der Waals surface area contributed by atoms with Crippen LogP contribution in [-0.2, 0) is 20.6 Å². The minimum absolute atomic E-state index is 0.0486. The molecule has 192 valence electrons. The summed E-state index contributed by atoms with van der Waals surface area (Å²) in [5.41, 5.74) is 1.71. The number of aryl methyl sites for hydroxylation is 1. The van der Waals surface area contributed by atoms with E-state index in [0.29, 0.717) is 35.1 Å². The van der Waals surface area contributed by atoms with Crippen molar-refractivity contribution < 1.29 is 22.3 Å². The monoisotopic (exact) mass is 550 g/mol. The van der Waals surface area contributed by atoms with Crippen molar-refractivity contribution in [1.29, 1.82) is 0 Å². The molecular formula is C26H28ClFN2O4S2. The lowest BCUT2D eigenvalue weighted by Crippen LogP contribution is -2.41. The molecule has 0 fully saturated rings. The first-order valence-corrected chi connectivity index (χ1v) is 14.2. The highest BCUT2D eigenvalue weighted by atomic mass is 35.5. The van der Waals surface area contributed by atoms with Crippen LogP contribution in [0.25, 0.3) is 0 Å². The minimum atomic E-state index is -4.10. The van der Waals surface area contributed by atoms with Crippen LogP contribution in [-0.4, -0.2) is 40.3 Å². The van der Waals surface area contributed by atoms with Gasteiger partial charge < -0.3 is 10.1 Å². The summed E-state index contributed by atoms with van der Waals surface area (Å²) < 4.78 is 47.2. The summed E-state index contributed by atoms with van der Waals surface area (Å²) in [5.74, 6) is 0.823. The van der Waals surface area contributed by atoms with E-state index in [0.717, 1.165) is 9.87 Å². The number of carbonyl (C=O) groups excluding carboxylic acids is 1. The number of nitrogens with one attached hydrogen (secondary N) is 1. The van der Waals surface area contributed by atoms with E-state index >= 15 is 0 Å². The summed E-state index contributed by atoms with van der Waals surface area (Å²) in [4.78, 5) is 12.8. The van der Waals surface area contributed by atoms with E-state index < -0.39 is 22.5 Å². The van der Waals surface area contributed by atoms with Crippen LogP contribution in [0.15, 0.2) is 71.6 Å². The van der Waals surface area contributed by atoms with Gasteiger partial charge in [0.05, 0.1) is 17.7 Å². The summed E-state index contributed by atoms with van der Waals surface area (Å²) in [5, 5.41) is 3.08. The van der Waals surface area contributed by atoms with E-state index in [1.54, 1.807) is 54.2 Å². The quantitative estimate of drug-likeness (QED) is 0.304. The third kappa shape index (κ3) is 7.38. The molecule has 10 heteroatoms. The van der Waals surface area contributed by atoms with Crippen molar-refractivity contribution in [3.05, 3.63) is 88.7 Å². The van der Waals surface area contributed by atoms with Crippen molar-refractivity contribution >= 4 is 45.0 Å². The van der Waals surface area contributed by atoms with Crippen molar-refractivity contribution in [2.75, 3.05) is 30.3 Å². The molecule has 3 rings (SSSR count). The zero-order chi connectivity index (χ0) is 26.1. The second-order valence-electron chi connectivity index (χ2n) is 7.99. The highest BCUT2D eigenvalue weighted by molar-refractivity contribution is 7.98. The summed E-state index contributed by atoms with van der Waals surface area (Å²) >= 11 is 7.72. The van der Waals surface area contributed by atoms with Gasteiger partial charge in [-0.15, -0.1) is 0 Å². The van der Waals surface area contributed by atoms with E-state index in [9.17, 15) is 17.6 Å². The van der Waals surface area contributed by atoms with Gasteiger partial charge in [-0.05, 0) is 61.1 Å². The second kappa shape index (κ2) is 13.0. The molecule has 0 aliphatic carbocycles. The van der Waals surface area contributed by atoms with Gasteiger partial charge in [0.15, 0.2) is 0 Å². The molecular weight excluding hydrogens is 523 g/mol. The highest BCUT2D eigenvalue weighted by Crippen LogP contribution is 2.34. The fourth-order valence-corrected chi connectivity index (χ4v) is 5.92. The molecule has 0 spiro atoms. The number of rotatable bonds is 12. The number of sulfonamides is 1. The first-order valence-electron chi connectivity index (χ1n) is 11.2. The van der Waals surface area contributed by atoms with E-state index in [4.69, 9.17) is 16.3 Å². The first-order chi connectivity index (χ1) is 17.2. The van der Waals surface area contributed by atoms with Gasteiger partial charge in [0, 0.05) is 17.3 Å². The zero-order valence-electron chi connectivity index (χ0n) is 20.0. The number of thioether (sulfide) groups is 1. The molecule has 1 amide bonds. The molecule has 0 saturated heterocycles. The highest BCUT2D eigenvalue weighted by Gasteiger charge is 2.29. The molecule has 0 unspecified atom stereocenters. The number of halogens is 2. The van der Waals surface area contributed by atoms with Crippen LogP contribution in [0.1, 0.15) is 17.5 Å². The maximum absolute atomic E-state index is 13.7. The predicted molar refractivity (Wildman–Crippen MR) is 144 cm³/mol. The topological polar surface area (TPSA) is 75.7 Å². The Morgan fingerprint density at radius 3 is 2.53 bits per heavy atom. The molecule has 0 heterocycles. The Kier molecular flexibility index (Phi) is 10.0. The van der Waals surface area contributed by atoms with Crippen molar-refractivity contribution in [2.45, 2.75) is 24.0 Å². The number of carbonyl (C=O) groups is 1. The zero-order valence-corrected chi connectivity index (χ0v) is 22.4. The molecule has 3 aromatic rings. The fraction of sp³-hybridized carbons (Fsp3) is 0.269. The van der Waals surface area contributed by atoms with Gasteiger partial charge in [0.25, 0.3) is 10.0 Å². The second-order valence-corrected chi connectivity index (χ2v) is 11.4. The van der Waals surface area contributed by atoms with Crippen molar-refractivity contribution in [3.63, 3.8) is 0 Å². The Morgan fingerprint density at radius 2 is 1.83 bits per heavy atom. The lowest BCUT2D eigenvalue weighted by Gasteiger charge is -2.26. The first kappa shape index (κ1) is 27.8. The number of methoxy groups -OCH3 is 1. The van der Waals surface area contributed by atoms with Crippen LogP contribution >= 0.6 is 23.4 Å². The molecule has 3 aromatic carbocycles. The van der Waals surface area contributed by atoms with Gasteiger partial charge in [-0.25, -0.2) is 12.8 Å². The van der Waals surface area contributed by atoms with Crippen LogP contribution in [0.2, 0.25) is 5.02 Å². The number of amides is 1. The molecule has 0 aromatic heterocycles. The lowest BCUT2D eigenvalue weighted by molar-refractivity contribution is -0.119. The molecule has 0 radical (unpaired) electrons. The largest absolute Gasteiger partial charge is 0.495 e. The third-order valence-corrected chi connectivity index (χ3v) is 8.41. The third-order valence-electron chi connectivity index (χ3n) is 5.31. The van der Waals surface area contributed by atoms with Crippen LogP contribution in [0.4, 0.5) is 10.1 Å².